The summed E-state index contributed by atoms with van der Waals surface area (Å²) in [6.07, 6.45) is 3.70. The first-order valence-corrected chi connectivity index (χ1v) is 4.38. The summed E-state index contributed by atoms with van der Waals surface area (Å²) in [7, 11) is 1.38. The number of hydrogen-bond donors (Lipinski definition) is 0. The van der Waals surface area contributed by atoms with Crippen molar-refractivity contribution in [2.24, 2.45) is 0 Å². The van der Waals surface area contributed by atoms with E-state index in [1.807, 2.05) is 29.7 Å². The van der Waals surface area contributed by atoms with Gasteiger partial charge in [-0.25, -0.2) is 4.79 Å². The maximum Gasteiger partial charge on any atom is 0.339 e. The van der Waals surface area contributed by atoms with E-state index in [0.717, 1.165) is 5.52 Å². The summed E-state index contributed by atoms with van der Waals surface area (Å²) in [6.45, 7) is 2.03. The number of carbonyl (C=O) groups is 1. The Kier molecular flexibility index (Phi) is 2.00. The number of carbonyl (C=O) groups excluding carboxylic acids is 1. The molecule has 3 heteroatoms. The summed E-state index contributed by atoms with van der Waals surface area (Å²) < 4.78 is 6.56. The third-order valence-electron chi connectivity index (χ3n) is 2.29. The van der Waals surface area contributed by atoms with Crippen molar-refractivity contribution in [3.63, 3.8) is 0 Å². The van der Waals surface area contributed by atoms with Gasteiger partial charge in [0, 0.05) is 17.9 Å². The molecule has 2 aromatic heterocycles. The fourth-order valence-corrected chi connectivity index (χ4v) is 1.49. The minimum absolute atomic E-state index is 0.307. The highest BCUT2D eigenvalue weighted by atomic mass is 16.5. The molecule has 0 atom stereocenters. The molecular weight excluding hydrogens is 178 g/mol. The molecule has 0 aliphatic carbocycles. The molecule has 0 spiro atoms. The summed E-state index contributed by atoms with van der Waals surface area (Å²) in [4.78, 5) is 11.2. The van der Waals surface area contributed by atoms with Crippen LogP contribution in [0.15, 0.2) is 30.6 Å². The Morgan fingerprint density at radius 3 is 2.86 bits per heavy atom. The van der Waals surface area contributed by atoms with Crippen LogP contribution < -0.4 is 0 Å². The Hall–Kier alpha value is -1.77. The van der Waals surface area contributed by atoms with E-state index in [0.29, 0.717) is 5.56 Å². The zero-order valence-corrected chi connectivity index (χ0v) is 8.15. The number of aromatic nitrogens is 1. The molecule has 0 radical (unpaired) electrons. The molecule has 0 unspecified atom stereocenters. The fourth-order valence-electron chi connectivity index (χ4n) is 1.49. The minimum atomic E-state index is -0.307. The lowest BCUT2D eigenvalue weighted by Gasteiger charge is -2.01. The normalized spacial score (nSPS) is 10.4. The first-order valence-electron chi connectivity index (χ1n) is 4.38. The van der Waals surface area contributed by atoms with Gasteiger partial charge in [-0.1, -0.05) is 0 Å². The zero-order chi connectivity index (χ0) is 10.1. The molecule has 0 aromatic carbocycles. The second-order valence-electron chi connectivity index (χ2n) is 3.20. The van der Waals surface area contributed by atoms with E-state index in [1.54, 1.807) is 12.3 Å². The van der Waals surface area contributed by atoms with E-state index >= 15 is 0 Å². The van der Waals surface area contributed by atoms with E-state index in [4.69, 9.17) is 0 Å². The van der Waals surface area contributed by atoms with Crippen molar-refractivity contribution in [1.82, 2.24) is 4.40 Å². The van der Waals surface area contributed by atoms with Crippen LogP contribution in [-0.4, -0.2) is 17.5 Å². The standard InChI is InChI=1S/C11H11NO2/c1-8-5-6-12-7-9(11(13)14-2)3-4-10(8)12/h3-7H,1-2H3. The minimum Gasteiger partial charge on any atom is -0.465 e. The molecule has 0 bridgehead atoms. The Morgan fingerprint density at radius 2 is 2.14 bits per heavy atom. The SMILES string of the molecule is COC(=O)c1ccc2c(C)ccn2c1. The summed E-state index contributed by atoms with van der Waals surface area (Å²) in [5, 5.41) is 0. The molecule has 0 aliphatic heterocycles. The summed E-state index contributed by atoms with van der Waals surface area (Å²) in [6, 6.07) is 5.70. The van der Waals surface area contributed by atoms with Crippen LogP contribution in [0.5, 0.6) is 0 Å². The van der Waals surface area contributed by atoms with Gasteiger partial charge in [0.05, 0.1) is 12.7 Å². The second-order valence-corrected chi connectivity index (χ2v) is 3.20. The lowest BCUT2D eigenvalue weighted by molar-refractivity contribution is 0.0600. The van der Waals surface area contributed by atoms with Gasteiger partial charge in [-0.2, -0.15) is 0 Å². The van der Waals surface area contributed by atoms with Crippen LogP contribution >= 0.6 is 0 Å². The van der Waals surface area contributed by atoms with Gasteiger partial charge in [-0.3, -0.25) is 0 Å². The third-order valence-corrected chi connectivity index (χ3v) is 2.29. The van der Waals surface area contributed by atoms with E-state index in [2.05, 4.69) is 4.74 Å². The first-order chi connectivity index (χ1) is 6.72. The van der Waals surface area contributed by atoms with Crippen LogP contribution in [0.25, 0.3) is 5.52 Å². The summed E-state index contributed by atoms with van der Waals surface area (Å²) in [5.74, 6) is -0.307. The molecule has 0 saturated carbocycles. The molecule has 72 valence electrons. The topological polar surface area (TPSA) is 30.7 Å². The van der Waals surface area contributed by atoms with Crippen LogP contribution in [0.1, 0.15) is 15.9 Å². The molecule has 0 amide bonds. The highest BCUT2D eigenvalue weighted by Gasteiger charge is 2.06. The van der Waals surface area contributed by atoms with Gasteiger partial charge in [-0.15, -0.1) is 0 Å². The number of rotatable bonds is 1. The van der Waals surface area contributed by atoms with E-state index in [1.165, 1.54) is 12.7 Å². The maximum absolute atomic E-state index is 11.2. The van der Waals surface area contributed by atoms with Gasteiger partial charge in [0.25, 0.3) is 0 Å². The predicted molar refractivity (Wildman–Crippen MR) is 53.5 cm³/mol. The monoisotopic (exact) mass is 189 g/mol. The van der Waals surface area contributed by atoms with Crippen LogP contribution in [0.3, 0.4) is 0 Å². The van der Waals surface area contributed by atoms with Crippen molar-refractivity contribution in [2.45, 2.75) is 6.92 Å². The highest BCUT2D eigenvalue weighted by Crippen LogP contribution is 2.13. The lowest BCUT2D eigenvalue weighted by Crippen LogP contribution is -2.02. The van der Waals surface area contributed by atoms with Crippen LogP contribution in [0.2, 0.25) is 0 Å². The number of esters is 1. The van der Waals surface area contributed by atoms with Gasteiger partial charge in [0.2, 0.25) is 0 Å². The van der Waals surface area contributed by atoms with Crippen LogP contribution in [0.4, 0.5) is 0 Å². The molecular formula is C11H11NO2. The molecule has 14 heavy (non-hydrogen) atoms. The van der Waals surface area contributed by atoms with Crippen molar-refractivity contribution < 1.29 is 9.53 Å². The van der Waals surface area contributed by atoms with Gasteiger partial charge >= 0.3 is 5.97 Å². The average Bonchev–Trinajstić information content (AvgIpc) is 2.59. The molecule has 0 saturated heterocycles. The van der Waals surface area contributed by atoms with Crippen molar-refractivity contribution in [2.75, 3.05) is 7.11 Å². The van der Waals surface area contributed by atoms with E-state index in [-0.39, 0.29) is 5.97 Å². The number of nitrogens with zero attached hydrogens (tertiary/aromatic N) is 1. The number of pyridine rings is 1. The van der Waals surface area contributed by atoms with Crippen molar-refractivity contribution in [3.05, 3.63) is 41.7 Å². The smallest absolute Gasteiger partial charge is 0.339 e. The van der Waals surface area contributed by atoms with E-state index in [9.17, 15) is 4.79 Å². The predicted octanol–water partition coefficient (Wildman–Crippen LogP) is 2.03. The van der Waals surface area contributed by atoms with Crippen molar-refractivity contribution >= 4 is 11.5 Å². The molecule has 2 rings (SSSR count). The van der Waals surface area contributed by atoms with Crippen LogP contribution in [0, 0.1) is 6.92 Å². The number of aryl methyl sites for hydroxylation is 1. The molecule has 0 fully saturated rings. The average molecular weight is 189 g/mol. The largest absolute Gasteiger partial charge is 0.465 e. The van der Waals surface area contributed by atoms with Crippen molar-refractivity contribution in [3.8, 4) is 0 Å². The zero-order valence-electron chi connectivity index (χ0n) is 8.15. The van der Waals surface area contributed by atoms with Gasteiger partial charge < -0.3 is 9.14 Å². The molecule has 2 heterocycles. The summed E-state index contributed by atoms with van der Waals surface area (Å²) in [5.41, 5.74) is 2.87. The Morgan fingerprint density at radius 1 is 1.36 bits per heavy atom. The third kappa shape index (κ3) is 1.27. The van der Waals surface area contributed by atoms with Crippen LogP contribution in [-0.2, 0) is 4.74 Å². The number of methoxy groups -OCH3 is 1. The highest BCUT2D eigenvalue weighted by molar-refractivity contribution is 5.89. The molecule has 2 aromatic rings. The number of hydrogen-bond acceptors (Lipinski definition) is 2. The second kappa shape index (κ2) is 3.18. The summed E-state index contributed by atoms with van der Waals surface area (Å²) >= 11 is 0. The number of ether oxygens (including phenoxy) is 1. The Bertz CT molecular complexity index is 485. The van der Waals surface area contributed by atoms with Gasteiger partial charge in [0.15, 0.2) is 0 Å². The van der Waals surface area contributed by atoms with Crippen molar-refractivity contribution in [1.29, 1.82) is 0 Å². The molecule has 0 aliphatic rings. The Labute approximate surface area is 81.9 Å². The quantitative estimate of drug-likeness (QED) is 0.643. The van der Waals surface area contributed by atoms with E-state index < -0.39 is 0 Å². The van der Waals surface area contributed by atoms with Gasteiger partial charge in [-0.05, 0) is 30.7 Å². The maximum atomic E-state index is 11.2. The molecule has 0 N–H and O–H groups in total. The van der Waals surface area contributed by atoms with Gasteiger partial charge in [0.1, 0.15) is 0 Å². The Balaban J connectivity index is 2.57. The fraction of sp³-hybridized carbons (Fsp3) is 0.182. The lowest BCUT2D eigenvalue weighted by atomic mass is 10.2. The number of fused-ring (bicyclic) bond motifs is 1. The molecule has 3 nitrogen and oxygen atoms in total. The first kappa shape index (κ1) is 8.81.